The van der Waals surface area contributed by atoms with Gasteiger partial charge in [0.25, 0.3) is 0 Å². The molecule has 0 spiro atoms. The second-order valence-corrected chi connectivity index (χ2v) is 15.5. The summed E-state index contributed by atoms with van der Waals surface area (Å²) < 4.78 is 16.6. The van der Waals surface area contributed by atoms with Gasteiger partial charge in [-0.1, -0.05) is 24.3 Å². The molecular formula is C36H63N5O8. The number of ether oxygens (including phenoxy) is 3. The second-order valence-electron chi connectivity index (χ2n) is 15.5. The Morgan fingerprint density at radius 2 is 1.06 bits per heavy atom. The first kappa shape index (κ1) is 42.0. The van der Waals surface area contributed by atoms with Crippen molar-refractivity contribution in [3.8, 4) is 0 Å². The average Bonchev–Trinajstić information content (AvgIpc) is 3.20. The first-order chi connectivity index (χ1) is 22.8. The number of alkyl carbamates (subject to hydrolysis) is 1. The predicted octanol–water partition coefficient (Wildman–Crippen LogP) is 5.52. The minimum absolute atomic E-state index is 0.352. The molecule has 1 aliphatic rings. The number of hydrogen-bond donors (Lipinski definition) is 4. The SMILES string of the molecule is CC(C)(C)OC(=O)NCCCN(CCCCN(CCCNCCCN1C(O)c2ccccc2C1O)C(=O)OC(C)(C)C)C(=O)OC(C)(C)C. The number of aliphatic hydroxyl groups is 2. The summed E-state index contributed by atoms with van der Waals surface area (Å²) in [6.07, 6.45) is 0.372. The largest absolute Gasteiger partial charge is 0.444 e. The maximum atomic E-state index is 13.0. The van der Waals surface area contributed by atoms with Gasteiger partial charge in [-0.25, -0.2) is 19.3 Å². The highest BCUT2D eigenvalue weighted by Crippen LogP contribution is 2.38. The molecule has 1 aliphatic heterocycles. The van der Waals surface area contributed by atoms with Gasteiger partial charge in [-0.05, 0) is 108 Å². The van der Waals surface area contributed by atoms with Crippen molar-refractivity contribution in [3.63, 3.8) is 0 Å². The molecule has 13 nitrogen and oxygen atoms in total. The van der Waals surface area contributed by atoms with E-state index in [1.54, 1.807) is 35.5 Å². The number of nitrogens with one attached hydrogen (secondary N) is 2. The Kier molecular flexibility index (Phi) is 16.6. The van der Waals surface area contributed by atoms with Gasteiger partial charge in [-0.3, -0.25) is 0 Å². The molecule has 2 unspecified atom stereocenters. The van der Waals surface area contributed by atoms with Crippen LogP contribution < -0.4 is 10.6 Å². The van der Waals surface area contributed by atoms with Crippen LogP contribution in [0.2, 0.25) is 0 Å². The number of nitrogens with zero attached hydrogens (tertiary/aromatic N) is 3. The Morgan fingerprint density at radius 1 is 0.653 bits per heavy atom. The first-order valence-corrected chi connectivity index (χ1v) is 17.6. The van der Waals surface area contributed by atoms with E-state index in [0.717, 1.165) is 17.5 Å². The highest BCUT2D eigenvalue weighted by molar-refractivity contribution is 5.69. The molecule has 1 aromatic carbocycles. The van der Waals surface area contributed by atoms with Gasteiger partial charge in [0.1, 0.15) is 29.3 Å². The van der Waals surface area contributed by atoms with Crippen LogP contribution in [-0.2, 0) is 14.2 Å². The maximum Gasteiger partial charge on any atom is 0.410 e. The van der Waals surface area contributed by atoms with Gasteiger partial charge >= 0.3 is 18.3 Å². The van der Waals surface area contributed by atoms with Crippen LogP contribution >= 0.6 is 0 Å². The lowest BCUT2D eigenvalue weighted by Gasteiger charge is -2.29. The van der Waals surface area contributed by atoms with Crippen molar-refractivity contribution in [3.05, 3.63) is 35.4 Å². The van der Waals surface area contributed by atoms with Gasteiger partial charge in [-0.2, -0.15) is 0 Å². The minimum Gasteiger partial charge on any atom is -0.444 e. The highest BCUT2D eigenvalue weighted by Gasteiger charge is 2.35. The van der Waals surface area contributed by atoms with E-state index in [4.69, 9.17) is 14.2 Å². The molecule has 2 atom stereocenters. The Labute approximate surface area is 293 Å². The fourth-order valence-corrected chi connectivity index (χ4v) is 5.24. The van der Waals surface area contributed by atoms with Crippen LogP contribution in [0.1, 0.15) is 118 Å². The molecule has 0 radical (unpaired) electrons. The molecule has 49 heavy (non-hydrogen) atoms. The molecule has 2 rings (SSSR count). The van der Waals surface area contributed by atoms with Crippen LogP contribution in [0.15, 0.2) is 24.3 Å². The van der Waals surface area contributed by atoms with Crippen LogP contribution in [0, 0.1) is 0 Å². The zero-order chi connectivity index (χ0) is 36.8. The number of rotatable bonds is 17. The van der Waals surface area contributed by atoms with E-state index < -0.39 is 41.4 Å². The monoisotopic (exact) mass is 693 g/mol. The summed E-state index contributed by atoms with van der Waals surface area (Å²) in [7, 11) is 0. The number of carbonyl (C=O) groups excluding carboxylic acids is 3. The molecule has 13 heteroatoms. The molecule has 0 saturated carbocycles. The van der Waals surface area contributed by atoms with Crippen molar-refractivity contribution in [1.82, 2.24) is 25.3 Å². The first-order valence-electron chi connectivity index (χ1n) is 17.6. The zero-order valence-corrected chi connectivity index (χ0v) is 31.3. The fourth-order valence-electron chi connectivity index (χ4n) is 5.24. The van der Waals surface area contributed by atoms with Crippen LogP contribution in [0.4, 0.5) is 14.4 Å². The van der Waals surface area contributed by atoms with E-state index in [9.17, 15) is 24.6 Å². The predicted molar refractivity (Wildman–Crippen MR) is 189 cm³/mol. The minimum atomic E-state index is -0.814. The van der Waals surface area contributed by atoms with Crippen LogP contribution in [0.25, 0.3) is 0 Å². The van der Waals surface area contributed by atoms with E-state index in [2.05, 4.69) is 10.6 Å². The zero-order valence-electron chi connectivity index (χ0n) is 31.3. The van der Waals surface area contributed by atoms with Crippen LogP contribution in [-0.4, -0.2) is 112 Å². The number of hydrogen-bond acceptors (Lipinski definition) is 10. The molecule has 0 aliphatic carbocycles. The number of benzene rings is 1. The number of amides is 3. The summed E-state index contributed by atoms with van der Waals surface area (Å²) in [6, 6.07) is 7.39. The summed E-state index contributed by atoms with van der Waals surface area (Å²) in [4.78, 5) is 43.0. The van der Waals surface area contributed by atoms with Gasteiger partial charge in [-0.15, -0.1) is 0 Å². The molecule has 1 aromatic rings. The lowest BCUT2D eigenvalue weighted by Crippen LogP contribution is -2.40. The standard InChI is InChI=1S/C36H63N5O8/c1-34(2,3)47-31(44)38-21-16-25-40(33(46)49-36(7,8)9)23-13-12-22-39(32(45)48-35(4,5)6)24-14-19-37-20-15-26-41-29(42)27-17-10-11-18-28(27)30(41)43/h10-11,17-18,29-30,37,42-43H,12-16,19-26H2,1-9H3,(H,38,44). The number of fused-ring (bicyclic) bond motifs is 1. The van der Waals surface area contributed by atoms with Crippen molar-refractivity contribution in [2.24, 2.45) is 0 Å². The number of carbonyl (C=O) groups is 3. The summed E-state index contributed by atoms with van der Waals surface area (Å²) in [6.45, 7) is 20.5. The summed E-state index contributed by atoms with van der Waals surface area (Å²) >= 11 is 0. The van der Waals surface area contributed by atoms with Gasteiger partial charge < -0.3 is 44.9 Å². The van der Waals surface area contributed by atoms with Crippen molar-refractivity contribution in [1.29, 1.82) is 0 Å². The molecular weight excluding hydrogens is 630 g/mol. The van der Waals surface area contributed by atoms with E-state index in [1.807, 2.05) is 65.8 Å². The van der Waals surface area contributed by atoms with E-state index >= 15 is 0 Å². The molecule has 4 N–H and O–H groups in total. The molecule has 0 aromatic heterocycles. The quantitative estimate of drug-likeness (QED) is 0.121. The Hall–Kier alpha value is -3.13. The lowest BCUT2D eigenvalue weighted by atomic mass is 10.1. The summed E-state index contributed by atoms with van der Waals surface area (Å²) in [5, 5.41) is 27.3. The third-order valence-corrected chi connectivity index (χ3v) is 7.41. The van der Waals surface area contributed by atoms with Gasteiger partial charge in [0, 0.05) is 50.4 Å². The fraction of sp³-hybridized carbons (Fsp3) is 0.750. The van der Waals surface area contributed by atoms with E-state index in [1.165, 1.54) is 0 Å². The normalized spacial score (nSPS) is 16.6. The molecule has 0 bridgehead atoms. The molecule has 3 amide bonds. The molecule has 280 valence electrons. The smallest absolute Gasteiger partial charge is 0.410 e. The Balaban J connectivity index is 1.80. The number of unbranched alkanes of at least 4 members (excludes halogenated alkanes) is 1. The average molecular weight is 694 g/mol. The Bertz CT molecular complexity index is 1150. The van der Waals surface area contributed by atoms with E-state index in [0.29, 0.717) is 78.0 Å². The van der Waals surface area contributed by atoms with Gasteiger partial charge in [0.05, 0.1) is 0 Å². The third kappa shape index (κ3) is 16.4. The van der Waals surface area contributed by atoms with Crippen molar-refractivity contribution in [2.75, 3.05) is 52.4 Å². The Morgan fingerprint density at radius 3 is 1.51 bits per heavy atom. The lowest BCUT2D eigenvalue weighted by molar-refractivity contribution is -0.0844. The third-order valence-electron chi connectivity index (χ3n) is 7.41. The van der Waals surface area contributed by atoms with E-state index in [-0.39, 0.29) is 6.09 Å². The van der Waals surface area contributed by atoms with Crippen molar-refractivity contribution < 1.29 is 38.8 Å². The second kappa shape index (κ2) is 19.3. The summed E-state index contributed by atoms with van der Waals surface area (Å²) in [5.74, 6) is 0. The maximum absolute atomic E-state index is 13.0. The summed E-state index contributed by atoms with van der Waals surface area (Å²) in [5.41, 5.74) is -0.368. The van der Waals surface area contributed by atoms with Crippen molar-refractivity contribution >= 4 is 18.3 Å². The highest BCUT2D eigenvalue weighted by atomic mass is 16.6. The molecule has 1 heterocycles. The van der Waals surface area contributed by atoms with Gasteiger partial charge in [0.2, 0.25) is 0 Å². The molecule has 0 fully saturated rings. The van der Waals surface area contributed by atoms with Gasteiger partial charge in [0.15, 0.2) is 0 Å². The van der Waals surface area contributed by atoms with Crippen LogP contribution in [0.5, 0.6) is 0 Å². The topological polar surface area (TPSA) is 153 Å². The number of aliphatic hydroxyl groups excluding tert-OH is 2. The van der Waals surface area contributed by atoms with Crippen molar-refractivity contribution in [2.45, 2.75) is 124 Å². The van der Waals surface area contributed by atoms with Crippen LogP contribution in [0.3, 0.4) is 0 Å². The molecule has 0 saturated heterocycles.